The van der Waals surface area contributed by atoms with Gasteiger partial charge in [-0.3, -0.25) is 9.89 Å². The van der Waals surface area contributed by atoms with Crippen molar-refractivity contribution in [2.75, 3.05) is 17.2 Å². The third kappa shape index (κ3) is 6.63. The molecule has 11 nitrogen and oxygen atoms in total. The molecule has 3 heterocycles. The summed E-state index contributed by atoms with van der Waals surface area (Å²) in [5.41, 5.74) is -4.22. The average Bonchev–Trinajstić information content (AvgIpc) is 3.19. The molecule has 0 bridgehead atoms. The number of nitrogens with zero attached hydrogens (tertiary/aromatic N) is 5. The summed E-state index contributed by atoms with van der Waals surface area (Å²) in [5, 5.41) is 16.8. The molecule has 0 radical (unpaired) electrons. The monoisotopic (exact) mass is 493 g/mol. The Morgan fingerprint density at radius 3 is 2.41 bits per heavy atom. The molecule has 0 aliphatic carbocycles. The molecule has 0 saturated heterocycles. The zero-order chi connectivity index (χ0) is 24.9. The van der Waals surface area contributed by atoms with E-state index in [9.17, 15) is 31.1 Å². The number of aromatic amines is 2. The van der Waals surface area contributed by atoms with Gasteiger partial charge in [-0.25, -0.2) is 20.1 Å². The molecule has 34 heavy (non-hydrogen) atoms. The molecule has 0 fully saturated rings. The zero-order valence-corrected chi connectivity index (χ0v) is 17.3. The van der Waals surface area contributed by atoms with Gasteiger partial charge in [0.05, 0.1) is 30.6 Å². The van der Waals surface area contributed by atoms with Crippen LogP contribution in [0.1, 0.15) is 29.7 Å². The summed E-state index contributed by atoms with van der Waals surface area (Å²) >= 11 is 0. The molecular formula is C17H17F6N9O2. The molecule has 17 heteroatoms. The first kappa shape index (κ1) is 24.9. The van der Waals surface area contributed by atoms with Gasteiger partial charge in [0.2, 0.25) is 5.95 Å². The number of anilines is 2. The largest absolute Gasteiger partial charge is 0.423 e. The molecule has 3 rings (SSSR count). The second-order valence-electron chi connectivity index (χ2n) is 6.89. The van der Waals surface area contributed by atoms with Crippen molar-refractivity contribution in [1.29, 1.82) is 0 Å². The maximum Gasteiger partial charge on any atom is 0.423 e. The van der Waals surface area contributed by atoms with E-state index in [2.05, 4.69) is 40.9 Å². The predicted octanol–water partition coefficient (Wildman–Crippen LogP) is 2.34. The molecule has 0 saturated carbocycles. The smallest absolute Gasteiger partial charge is 0.378 e. The van der Waals surface area contributed by atoms with E-state index >= 15 is 0 Å². The molecule has 3 aromatic rings. The molecule has 184 valence electrons. The van der Waals surface area contributed by atoms with E-state index in [1.807, 2.05) is 0 Å². The van der Waals surface area contributed by atoms with Crippen LogP contribution in [0.5, 0.6) is 0 Å². The highest BCUT2D eigenvalue weighted by Crippen LogP contribution is 2.31. The number of halogens is 6. The Morgan fingerprint density at radius 1 is 1.06 bits per heavy atom. The lowest BCUT2D eigenvalue weighted by Crippen LogP contribution is -2.29. The first-order valence-corrected chi connectivity index (χ1v) is 9.46. The van der Waals surface area contributed by atoms with Crippen LogP contribution in [0, 0.1) is 0 Å². The van der Waals surface area contributed by atoms with Crippen molar-refractivity contribution >= 4 is 11.6 Å². The van der Waals surface area contributed by atoms with Crippen molar-refractivity contribution in [3.05, 3.63) is 51.7 Å². The second kappa shape index (κ2) is 10.0. The topological polar surface area (TPSA) is 146 Å². The standard InChI is InChI=1S/C17H17F6N9O2/c1-8(28-10-4-27-32-14(33)13(10)17(21,22)23)6-34-7-12-29-11(30-31-12)5-26-15-24-2-9(3-25-15)16(18,19)20/h2-4,8H,5-7H2,1H3,(H,24,25,26)(H2,28,32,33)(H,29,30,31)/t8-/m0/s1. The van der Waals surface area contributed by atoms with Crippen molar-refractivity contribution in [3.63, 3.8) is 0 Å². The highest BCUT2D eigenvalue weighted by molar-refractivity contribution is 5.50. The fourth-order valence-corrected chi connectivity index (χ4v) is 2.63. The number of hydrogen-bond acceptors (Lipinski definition) is 9. The van der Waals surface area contributed by atoms with Gasteiger partial charge in [-0.1, -0.05) is 0 Å². The van der Waals surface area contributed by atoms with E-state index in [0.29, 0.717) is 18.2 Å². The molecule has 0 amide bonds. The molecule has 0 aliphatic heterocycles. The van der Waals surface area contributed by atoms with Crippen LogP contribution in [0.15, 0.2) is 23.4 Å². The quantitative estimate of drug-likeness (QED) is 0.330. The van der Waals surface area contributed by atoms with Crippen molar-refractivity contribution in [3.8, 4) is 0 Å². The van der Waals surface area contributed by atoms with Crippen LogP contribution >= 0.6 is 0 Å². The number of alkyl halides is 6. The third-order valence-corrected chi connectivity index (χ3v) is 4.11. The first-order chi connectivity index (χ1) is 15.9. The molecule has 0 spiro atoms. The molecule has 0 aromatic carbocycles. The zero-order valence-electron chi connectivity index (χ0n) is 17.3. The van der Waals surface area contributed by atoms with Gasteiger partial charge in [0.1, 0.15) is 18.0 Å². The molecular weight excluding hydrogens is 476 g/mol. The number of rotatable bonds is 9. The van der Waals surface area contributed by atoms with E-state index in [4.69, 9.17) is 4.74 Å². The van der Waals surface area contributed by atoms with Gasteiger partial charge in [0.25, 0.3) is 5.56 Å². The van der Waals surface area contributed by atoms with Gasteiger partial charge in [-0.15, -0.1) is 0 Å². The minimum Gasteiger partial charge on any atom is -0.378 e. The minimum absolute atomic E-state index is 0.0338. The maximum atomic E-state index is 13.1. The first-order valence-electron chi connectivity index (χ1n) is 9.46. The molecule has 0 aliphatic rings. The van der Waals surface area contributed by atoms with Crippen molar-refractivity contribution in [1.82, 2.24) is 35.3 Å². The lowest BCUT2D eigenvalue weighted by atomic mass is 10.2. The van der Waals surface area contributed by atoms with Crippen LogP contribution in [0.25, 0.3) is 0 Å². The second-order valence-corrected chi connectivity index (χ2v) is 6.89. The highest BCUT2D eigenvalue weighted by Gasteiger charge is 2.37. The Bertz CT molecular complexity index is 1140. The fourth-order valence-electron chi connectivity index (χ4n) is 2.63. The van der Waals surface area contributed by atoms with Gasteiger partial charge >= 0.3 is 12.4 Å². The predicted molar refractivity (Wildman–Crippen MR) is 103 cm³/mol. The van der Waals surface area contributed by atoms with Crippen molar-refractivity contribution < 1.29 is 31.1 Å². The Hall–Kier alpha value is -3.76. The van der Waals surface area contributed by atoms with Gasteiger partial charge in [0, 0.05) is 18.4 Å². The van der Waals surface area contributed by atoms with Crippen molar-refractivity contribution in [2.24, 2.45) is 0 Å². The lowest BCUT2D eigenvalue weighted by molar-refractivity contribution is -0.139. The number of hydrogen-bond donors (Lipinski definition) is 4. The van der Waals surface area contributed by atoms with E-state index in [1.54, 1.807) is 12.0 Å². The summed E-state index contributed by atoms with van der Waals surface area (Å²) in [7, 11) is 0. The third-order valence-electron chi connectivity index (χ3n) is 4.11. The summed E-state index contributed by atoms with van der Waals surface area (Å²) in [6.45, 7) is 1.44. The fraction of sp³-hybridized carbons (Fsp3) is 0.412. The van der Waals surface area contributed by atoms with Crippen LogP contribution in [0.3, 0.4) is 0 Å². The number of aromatic nitrogens is 7. The van der Waals surface area contributed by atoms with Gasteiger partial charge in [0.15, 0.2) is 5.82 Å². The number of nitrogens with one attached hydrogen (secondary N) is 4. The van der Waals surface area contributed by atoms with Crippen LogP contribution in [-0.2, 0) is 30.2 Å². The SMILES string of the molecule is C[C@@H](COCc1n[nH]c(CNc2ncc(C(F)(F)F)cn2)n1)Nc1cn[nH]c(=O)c1C(F)(F)F. The van der Waals surface area contributed by atoms with Crippen LogP contribution in [0.2, 0.25) is 0 Å². The van der Waals surface area contributed by atoms with Gasteiger partial charge in [-0.2, -0.15) is 36.5 Å². The van der Waals surface area contributed by atoms with E-state index in [0.717, 1.165) is 6.20 Å². The molecule has 3 aromatic heterocycles. The van der Waals surface area contributed by atoms with Crippen molar-refractivity contribution in [2.45, 2.75) is 38.5 Å². The Labute approximate surface area is 186 Å². The van der Waals surface area contributed by atoms with Gasteiger partial charge < -0.3 is 15.4 Å². The Morgan fingerprint density at radius 2 is 1.76 bits per heavy atom. The van der Waals surface area contributed by atoms with Gasteiger partial charge in [-0.05, 0) is 6.92 Å². The summed E-state index contributed by atoms with van der Waals surface area (Å²) < 4.78 is 82.1. The minimum atomic E-state index is -4.87. The summed E-state index contributed by atoms with van der Waals surface area (Å²) in [6.07, 6.45) is -7.27. The van der Waals surface area contributed by atoms with Crippen LogP contribution in [-0.4, -0.2) is 48.0 Å². The van der Waals surface area contributed by atoms with E-state index < -0.39 is 40.8 Å². The summed E-state index contributed by atoms with van der Waals surface area (Å²) in [5.74, 6) is 0.498. The van der Waals surface area contributed by atoms with Crippen LogP contribution in [0.4, 0.5) is 38.0 Å². The normalized spacial score (nSPS) is 13.0. The Balaban J connectivity index is 1.47. The van der Waals surface area contributed by atoms with E-state index in [-0.39, 0.29) is 31.5 Å². The number of ether oxygens (including phenoxy) is 1. The van der Waals surface area contributed by atoms with E-state index in [1.165, 1.54) is 0 Å². The Kier molecular flexibility index (Phi) is 7.33. The van der Waals surface area contributed by atoms with Crippen LogP contribution < -0.4 is 16.2 Å². The number of H-pyrrole nitrogens is 2. The highest BCUT2D eigenvalue weighted by atomic mass is 19.4. The summed E-state index contributed by atoms with van der Waals surface area (Å²) in [4.78, 5) is 22.7. The average molecular weight is 493 g/mol. The molecule has 1 atom stereocenters. The molecule has 4 N–H and O–H groups in total. The summed E-state index contributed by atoms with van der Waals surface area (Å²) in [6, 6.07) is -0.624. The molecule has 0 unspecified atom stereocenters. The lowest BCUT2D eigenvalue weighted by Gasteiger charge is -2.17. The maximum absolute atomic E-state index is 13.1.